The zero-order valence-corrected chi connectivity index (χ0v) is 18.9. The molecule has 1 aliphatic rings. The normalized spacial score (nSPS) is 17.3. The number of aryl methyl sites for hydroxylation is 3. The number of hydrogen-bond donors (Lipinski definition) is 2. The van der Waals surface area contributed by atoms with Gasteiger partial charge in [-0.1, -0.05) is 13.8 Å². The number of rotatable bonds is 6. The third kappa shape index (κ3) is 5.51. The number of aliphatic hydroxyl groups excluding tert-OH is 1. The van der Waals surface area contributed by atoms with E-state index in [0.717, 1.165) is 21.6 Å². The first-order valence-corrected chi connectivity index (χ1v) is 9.77. The molecule has 0 radical (unpaired) electrons. The molecule has 1 aliphatic heterocycles. The van der Waals surface area contributed by atoms with E-state index >= 15 is 0 Å². The van der Waals surface area contributed by atoms with Gasteiger partial charge in [-0.3, -0.25) is 14.5 Å². The molecular formula is C20H28F3N5O2S. The highest BCUT2D eigenvalue weighted by molar-refractivity contribution is 7.59. The molecule has 0 spiro atoms. The van der Waals surface area contributed by atoms with Gasteiger partial charge in [0, 0.05) is 18.9 Å². The molecule has 1 unspecified atom stereocenters. The van der Waals surface area contributed by atoms with Crippen molar-refractivity contribution in [3.8, 4) is 0 Å². The highest BCUT2D eigenvalue weighted by atomic mass is 32.1. The zero-order chi connectivity index (χ0) is 22.2. The molecule has 1 amide bonds. The standard InChI is InChI=1S/C20H26F3N5O2.H2S/c1-11(2)18-19(30)26-17-12(3)25-14(7-15(17)27(18)4)6-5-13-8-24-28(9-13)10-16(29)20(21,22)23;/h7-9,11,16,18,29H,5-6,10H2,1-4H3,(H,26,30);1H2/t16?,18-;/m0./s1. The van der Waals surface area contributed by atoms with E-state index in [1.165, 1.54) is 12.4 Å². The van der Waals surface area contributed by atoms with Crippen LogP contribution in [0.5, 0.6) is 0 Å². The predicted octanol–water partition coefficient (Wildman–Crippen LogP) is 2.82. The molecule has 7 nitrogen and oxygen atoms in total. The van der Waals surface area contributed by atoms with Gasteiger partial charge in [-0.05, 0) is 37.3 Å². The molecule has 0 saturated heterocycles. The van der Waals surface area contributed by atoms with Gasteiger partial charge in [-0.15, -0.1) is 0 Å². The molecule has 2 atom stereocenters. The summed E-state index contributed by atoms with van der Waals surface area (Å²) in [5, 5.41) is 16.0. The number of hydrogen-bond acceptors (Lipinski definition) is 5. The minimum Gasteiger partial charge on any atom is -0.382 e. The summed E-state index contributed by atoms with van der Waals surface area (Å²) in [5.41, 5.74) is 3.90. The number of anilines is 2. The van der Waals surface area contributed by atoms with Crippen LogP contribution in [0, 0.1) is 12.8 Å². The molecule has 0 aromatic carbocycles. The second-order valence-corrected chi connectivity index (χ2v) is 8.01. The molecule has 31 heavy (non-hydrogen) atoms. The van der Waals surface area contributed by atoms with Crippen LogP contribution < -0.4 is 10.2 Å². The fourth-order valence-electron chi connectivity index (χ4n) is 3.74. The average molecular weight is 460 g/mol. The van der Waals surface area contributed by atoms with Crippen molar-refractivity contribution in [2.24, 2.45) is 5.92 Å². The Balaban J connectivity index is 0.00000341. The average Bonchev–Trinajstić information content (AvgIpc) is 3.07. The fraction of sp³-hybridized carbons (Fsp3) is 0.550. The van der Waals surface area contributed by atoms with Gasteiger partial charge in [-0.2, -0.15) is 31.8 Å². The van der Waals surface area contributed by atoms with E-state index in [9.17, 15) is 23.1 Å². The van der Waals surface area contributed by atoms with Gasteiger partial charge < -0.3 is 15.3 Å². The number of nitrogens with zero attached hydrogens (tertiary/aromatic N) is 4. The van der Waals surface area contributed by atoms with Crippen molar-refractivity contribution in [2.45, 2.75) is 58.5 Å². The number of pyridine rings is 1. The van der Waals surface area contributed by atoms with Crippen LogP contribution in [0.3, 0.4) is 0 Å². The second kappa shape index (κ2) is 9.47. The van der Waals surface area contributed by atoms with Gasteiger partial charge in [0.1, 0.15) is 6.04 Å². The van der Waals surface area contributed by atoms with Crippen molar-refractivity contribution >= 4 is 30.8 Å². The molecule has 0 saturated carbocycles. The van der Waals surface area contributed by atoms with Crippen molar-refractivity contribution < 1.29 is 23.1 Å². The molecule has 3 rings (SSSR count). The Hall–Kier alpha value is -2.27. The number of carbonyl (C=O) groups is 1. The maximum atomic E-state index is 12.5. The molecule has 0 aliphatic carbocycles. The van der Waals surface area contributed by atoms with Gasteiger partial charge in [0.2, 0.25) is 5.91 Å². The lowest BCUT2D eigenvalue weighted by Crippen LogP contribution is -2.49. The summed E-state index contributed by atoms with van der Waals surface area (Å²) in [6, 6.07) is 1.67. The Kier molecular flexibility index (Phi) is 7.64. The van der Waals surface area contributed by atoms with Crippen LogP contribution >= 0.6 is 13.5 Å². The van der Waals surface area contributed by atoms with E-state index in [0.29, 0.717) is 24.2 Å². The summed E-state index contributed by atoms with van der Waals surface area (Å²) in [6.07, 6.45) is -3.02. The smallest absolute Gasteiger partial charge is 0.382 e. The van der Waals surface area contributed by atoms with E-state index in [1.807, 2.05) is 38.8 Å². The molecule has 0 bridgehead atoms. The lowest BCUT2D eigenvalue weighted by molar-refractivity contribution is -0.208. The van der Waals surface area contributed by atoms with Crippen molar-refractivity contribution in [2.75, 3.05) is 17.3 Å². The lowest BCUT2D eigenvalue weighted by atomic mass is 9.97. The fourth-order valence-corrected chi connectivity index (χ4v) is 3.74. The van der Waals surface area contributed by atoms with Crippen LogP contribution in [0.4, 0.5) is 24.5 Å². The maximum Gasteiger partial charge on any atom is 0.416 e. The number of aliphatic hydroxyl groups is 1. The van der Waals surface area contributed by atoms with Crippen LogP contribution in [-0.2, 0) is 24.2 Å². The Morgan fingerprint density at radius 2 is 1.97 bits per heavy atom. The van der Waals surface area contributed by atoms with Gasteiger partial charge in [0.05, 0.1) is 29.8 Å². The lowest BCUT2D eigenvalue weighted by Gasteiger charge is -2.38. The summed E-state index contributed by atoms with van der Waals surface area (Å²) >= 11 is 0. The first-order chi connectivity index (χ1) is 14.0. The van der Waals surface area contributed by atoms with Crippen LogP contribution in [0.2, 0.25) is 0 Å². The summed E-state index contributed by atoms with van der Waals surface area (Å²) < 4.78 is 38.6. The SMILES string of the molecule is Cc1nc(CCc2cnn(CC(O)C(F)(F)F)c2)cc2c1NC(=O)[C@H](C(C)C)N2C.S. The van der Waals surface area contributed by atoms with Gasteiger partial charge in [-0.25, -0.2) is 0 Å². The Morgan fingerprint density at radius 3 is 2.58 bits per heavy atom. The largest absolute Gasteiger partial charge is 0.416 e. The number of likely N-dealkylation sites (N-methyl/N-ethyl adjacent to an activating group) is 1. The van der Waals surface area contributed by atoms with Crippen LogP contribution in [0.15, 0.2) is 18.5 Å². The summed E-state index contributed by atoms with van der Waals surface area (Å²) in [6.45, 7) is 5.19. The summed E-state index contributed by atoms with van der Waals surface area (Å²) in [5.74, 6) is 0.0871. The number of aromatic nitrogens is 3. The zero-order valence-electron chi connectivity index (χ0n) is 17.9. The molecule has 11 heteroatoms. The van der Waals surface area contributed by atoms with E-state index in [4.69, 9.17) is 0 Å². The summed E-state index contributed by atoms with van der Waals surface area (Å²) in [4.78, 5) is 19.0. The highest BCUT2D eigenvalue weighted by Gasteiger charge is 2.38. The first kappa shape index (κ1) is 25.0. The van der Waals surface area contributed by atoms with Crippen molar-refractivity contribution in [1.82, 2.24) is 14.8 Å². The summed E-state index contributed by atoms with van der Waals surface area (Å²) in [7, 11) is 1.89. The van der Waals surface area contributed by atoms with Gasteiger partial charge in [0.15, 0.2) is 6.10 Å². The number of halogens is 3. The molecule has 2 aromatic rings. The second-order valence-electron chi connectivity index (χ2n) is 8.01. The van der Waals surface area contributed by atoms with Gasteiger partial charge in [0.25, 0.3) is 0 Å². The monoisotopic (exact) mass is 459 g/mol. The topological polar surface area (TPSA) is 83.3 Å². The van der Waals surface area contributed by atoms with E-state index < -0.39 is 18.8 Å². The Morgan fingerprint density at radius 1 is 1.29 bits per heavy atom. The Bertz CT molecular complexity index is 932. The quantitative estimate of drug-likeness (QED) is 0.694. The van der Waals surface area contributed by atoms with Crippen LogP contribution in [0.1, 0.15) is 30.8 Å². The molecule has 172 valence electrons. The van der Waals surface area contributed by atoms with E-state index in [-0.39, 0.29) is 31.4 Å². The van der Waals surface area contributed by atoms with Gasteiger partial charge >= 0.3 is 6.18 Å². The number of amides is 1. The third-order valence-electron chi connectivity index (χ3n) is 5.27. The molecule has 3 heterocycles. The Labute approximate surface area is 186 Å². The molecule has 2 aromatic heterocycles. The van der Waals surface area contributed by atoms with Crippen molar-refractivity contribution in [3.63, 3.8) is 0 Å². The molecular weight excluding hydrogens is 431 g/mol. The predicted molar refractivity (Wildman–Crippen MR) is 117 cm³/mol. The van der Waals surface area contributed by atoms with E-state index in [2.05, 4.69) is 15.4 Å². The maximum absolute atomic E-state index is 12.5. The van der Waals surface area contributed by atoms with Crippen molar-refractivity contribution in [1.29, 1.82) is 0 Å². The highest BCUT2D eigenvalue weighted by Crippen LogP contribution is 2.35. The first-order valence-electron chi connectivity index (χ1n) is 9.77. The molecule has 0 fully saturated rings. The molecule has 2 N–H and O–H groups in total. The minimum absolute atomic E-state index is 0. The van der Waals surface area contributed by atoms with E-state index in [1.54, 1.807) is 0 Å². The van der Waals surface area contributed by atoms with Crippen LogP contribution in [0.25, 0.3) is 0 Å². The van der Waals surface area contributed by atoms with Crippen molar-refractivity contribution in [3.05, 3.63) is 35.4 Å². The number of alkyl halides is 3. The van der Waals surface area contributed by atoms with Crippen LogP contribution in [-0.4, -0.2) is 51.1 Å². The number of carbonyl (C=O) groups excluding carboxylic acids is 1. The number of nitrogens with one attached hydrogen (secondary N) is 1. The number of fused-ring (bicyclic) bond motifs is 1. The minimum atomic E-state index is -4.67. The third-order valence-corrected chi connectivity index (χ3v) is 5.27.